The molecule has 0 amide bonds. The number of hydrogen-bond donors (Lipinski definition) is 0. The highest BCUT2D eigenvalue weighted by Gasteiger charge is 2.35. The molecule has 0 aliphatic heterocycles. The van der Waals surface area contributed by atoms with Crippen molar-refractivity contribution in [1.82, 2.24) is 24.5 Å². The molecule has 0 bridgehead atoms. The summed E-state index contributed by atoms with van der Waals surface area (Å²) in [4.78, 5) is 4.40. The first-order valence-electron chi connectivity index (χ1n) is 7.18. The number of alkyl halides is 3. The molecule has 3 aromatic heterocycles. The third kappa shape index (κ3) is 2.38. The first kappa shape index (κ1) is 15.5. The molecule has 0 saturated heterocycles. The molecule has 0 fully saturated rings. The first-order valence-corrected chi connectivity index (χ1v) is 7.18. The Kier molecular flexibility index (Phi) is 3.42. The molecule has 0 N–H and O–H groups in total. The van der Waals surface area contributed by atoms with Crippen molar-refractivity contribution in [3.05, 3.63) is 29.2 Å². The molecule has 0 saturated carbocycles. The van der Waals surface area contributed by atoms with Crippen LogP contribution in [0.4, 0.5) is 13.2 Å². The van der Waals surface area contributed by atoms with Crippen molar-refractivity contribution < 1.29 is 13.2 Å². The summed E-state index contributed by atoms with van der Waals surface area (Å²) < 4.78 is 43.6. The topological polar surface area (TPSA) is 48.5 Å². The van der Waals surface area contributed by atoms with Crippen LogP contribution in [-0.2, 0) is 19.8 Å². The van der Waals surface area contributed by atoms with Gasteiger partial charge < -0.3 is 0 Å². The molecular weight excluding hydrogens is 307 g/mol. The summed E-state index contributed by atoms with van der Waals surface area (Å²) in [6.45, 7) is 5.94. The van der Waals surface area contributed by atoms with Gasteiger partial charge in [0.25, 0.3) is 0 Å². The van der Waals surface area contributed by atoms with E-state index in [-0.39, 0.29) is 16.7 Å². The van der Waals surface area contributed by atoms with E-state index in [1.165, 1.54) is 4.68 Å². The third-order valence-electron chi connectivity index (χ3n) is 3.95. The summed E-state index contributed by atoms with van der Waals surface area (Å²) in [5, 5.41) is 8.31. The summed E-state index contributed by atoms with van der Waals surface area (Å²) in [5.74, 6) is 0. The second kappa shape index (κ2) is 5.07. The lowest BCUT2D eigenvalue weighted by molar-refractivity contribution is -0.136. The second-order valence-electron chi connectivity index (χ2n) is 5.42. The summed E-state index contributed by atoms with van der Waals surface area (Å²) in [7, 11) is 1.59. The molecule has 3 rings (SSSR count). The lowest BCUT2D eigenvalue weighted by Crippen LogP contribution is -2.08. The highest BCUT2D eigenvalue weighted by Crippen LogP contribution is 2.38. The van der Waals surface area contributed by atoms with Crippen LogP contribution in [0.2, 0.25) is 0 Å². The number of fused-ring (bicyclic) bond motifs is 1. The number of aromatic nitrogens is 5. The molecule has 3 aromatic rings. The van der Waals surface area contributed by atoms with Crippen molar-refractivity contribution >= 4 is 11.0 Å². The zero-order valence-electron chi connectivity index (χ0n) is 13.2. The van der Waals surface area contributed by atoms with E-state index in [0.29, 0.717) is 17.8 Å². The van der Waals surface area contributed by atoms with Gasteiger partial charge in [0.1, 0.15) is 0 Å². The number of hydrogen-bond acceptors (Lipinski definition) is 3. The summed E-state index contributed by atoms with van der Waals surface area (Å²) in [5.41, 5.74) is 1.45. The highest BCUT2D eigenvalue weighted by molar-refractivity contribution is 5.85. The number of pyridine rings is 1. The minimum absolute atomic E-state index is 0.0456. The van der Waals surface area contributed by atoms with Crippen LogP contribution in [0.15, 0.2) is 12.3 Å². The maximum Gasteiger partial charge on any atom is 0.417 e. The Hall–Kier alpha value is -2.38. The molecule has 0 aliphatic rings. The van der Waals surface area contributed by atoms with Crippen LogP contribution in [0.1, 0.15) is 23.9 Å². The Bertz CT molecular complexity index is 889. The fourth-order valence-corrected chi connectivity index (χ4v) is 2.82. The minimum Gasteiger partial charge on any atom is -0.269 e. The van der Waals surface area contributed by atoms with Crippen LogP contribution >= 0.6 is 0 Å². The van der Waals surface area contributed by atoms with E-state index in [4.69, 9.17) is 0 Å². The van der Waals surface area contributed by atoms with Crippen LogP contribution in [0.3, 0.4) is 0 Å². The van der Waals surface area contributed by atoms with Crippen LogP contribution in [0.5, 0.6) is 0 Å². The second-order valence-corrected chi connectivity index (χ2v) is 5.42. The minimum atomic E-state index is -4.47. The van der Waals surface area contributed by atoms with E-state index in [9.17, 15) is 13.2 Å². The molecule has 3 heterocycles. The number of nitrogens with zero attached hydrogens (tertiary/aromatic N) is 5. The van der Waals surface area contributed by atoms with Crippen molar-refractivity contribution in [2.75, 3.05) is 0 Å². The van der Waals surface area contributed by atoms with Gasteiger partial charge in [-0.2, -0.15) is 23.4 Å². The predicted molar refractivity (Wildman–Crippen MR) is 79.9 cm³/mol. The Balaban J connectivity index is 2.35. The van der Waals surface area contributed by atoms with Gasteiger partial charge in [0.05, 0.1) is 28.5 Å². The summed E-state index contributed by atoms with van der Waals surface area (Å²) >= 11 is 0. The van der Waals surface area contributed by atoms with E-state index in [1.807, 2.05) is 13.8 Å². The number of aryl methyl sites for hydroxylation is 3. The lowest BCUT2D eigenvalue weighted by Gasteiger charge is -2.11. The summed E-state index contributed by atoms with van der Waals surface area (Å²) in [6, 6.07) is 1.08. The first-order chi connectivity index (χ1) is 10.7. The number of rotatable bonds is 2. The van der Waals surface area contributed by atoms with Crippen molar-refractivity contribution in [3.8, 4) is 11.3 Å². The van der Waals surface area contributed by atoms with E-state index in [2.05, 4.69) is 15.2 Å². The predicted octanol–water partition coefficient (Wildman–Crippen LogP) is 3.49. The average molecular weight is 323 g/mol. The molecule has 0 aromatic carbocycles. The van der Waals surface area contributed by atoms with Crippen LogP contribution in [0.25, 0.3) is 22.3 Å². The van der Waals surface area contributed by atoms with Gasteiger partial charge in [-0.1, -0.05) is 0 Å². The van der Waals surface area contributed by atoms with Gasteiger partial charge in [-0.05, 0) is 26.8 Å². The monoisotopic (exact) mass is 323 g/mol. The molecule has 0 unspecified atom stereocenters. The van der Waals surface area contributed by atoms with Gasteiger partial charge in [-0.15, -0.1) is 0 Å². The van der Waals surface area contributed by atoms with Crippen LogP contribution in [-0.4, -0.2) is 24.5 Å². The van der Waals surface area contributed by atoms with E-state index >= 15 is 0 Å². The van der Waals surface area contributed by atoms with Gasteiger partial charge >= 0.3 is 6.18 Å². The molecule has 122 valence electrons. The van der Waals surface area contributed by atoms with Crippen molar-refractivity contribution in [2.24, 2.45) is 7.05 Å². The van der Waals surface area contributed by atoms with E-state index < -0.39 is 11.7 Å². The maximum absolute atomic E-state index is 13.5. The van der Waals surface area contributed by atoms with Gasteiger partial charge in [0, 0.05) is 24.8 Å². The highest BCUT2D eigenvalue weighted by atomic mass is 19.4. The Morgan fingerprint density at radius 1 is 1.22 bits per heavy atom. The van der Waals surface area contributed by atoms with E-state index in [0.717, 1.165) is 11.8 Å². The Labute approximate surface area is 130 Å². The fourth-order valence-electron chi connectivity index (χ4n) is 2.82. The molecule has 0 atom stereocenters. The van der Waals surface area contributed by atoms with Crippen molar-refractivity contribution in [1.29, 1.82) is 0 Å². The van der Waals surface area contributed by atoms with Crippen molar-refractivity contribution in [3.63, 3.8) is 0 Å². The largest absolute Gasteiger partial charge is 0.417 e. The molecule has 0 spiro atoms. The molecule has 5 nitrogen and oxygen atoms in total. The molecular formula is C15H16F3N5. The Morgan fingerprint density at radius 3 is 2.48 bits per heavy atom. The zero-order valence-corrected chi connectivity index (χ0v) is 13.2. The van der Waals surface area contributed by atoms with Gasteiger partial charge in [-0.3, -0.25) is 9.36 Å². The molecule has 8 heteroatoms. The average Bonchev–Trinajstić information content (AvgIpc) is 2.98. The van der Waals surface area contributed by atoms with Crippen LogP contribution in [0, 0.1) is 13.8 Å². The smallest absolute Gasteiger partial charge is 0.269 e. The fraction of sp³-hybridized carbons (Fsp3) is 0.400. The lowest BCUT2D eigenvalue weighted by atomic mass is 10.1. The normalized spacial score (nSPS) is 12.3. The quantitative estimate of drug-likeness (QED) is 0.725. The number of halogens is 3. The van der Waals surface area contributed by atoms with E-state index in [1.54, 1.807) is 24.9 Å². The third-order valence-corrected chi connectivity index (χ3v) is 3.95. The maximum atomic E-state index is 13.5. The summed E-state index contributed by atoms with van der Waals surface area (Å²) in [6.07, 6.45) is -2.92. The molecule has 0 radical (unpaired) electrons. The van der Waals surface area contributed by atoms with Crippen LogP contribution < -0.4 is 0 Å². The van der Waals surface area contributed by atoms with Gasteiger partial charge in [0.2, 0.25) is 0 Å². The standard InChI is InChI=1S/C15H16F3N5/c1-5-23-9(3)10(7-19-23)12-6-11(15(16,17)18)13-8(2)21-22(4)14(13)20-12/h6-7H,5H2,1-4H3. The Morgan fingerprint density at radius 2 is 1.91 bits per heavy atom. The molecule has 0 aliphatic carbocycles. The zero-order chi connectivity index (χ0) is 16.9. The SMILES string of the molecule is CCn1ncc(-c2cc(C(F)(F)F)c3c(C)nn(C)c3n2)c1C. The van der Waals surface area contributed by atoms with Gasteiger partial charge in [-0.25, -0.2) is 4.98 Å². The molecule has 23 heavy (non-hydrogen) atoms. The van der Waals surface area contributed by atoms with Crippen molar-refractivity contribution in [2.45, 2.75) is 33.5 Å². The van der Waals surface area contributed by atoms with Gasteiger partial charge in [0.15, 0.2) is 5.65 Å².